The van der Waals surface area contributed by atoms with Crippen LogP contribution >= 0.6 is 27.5 Å². The SMILES string of the molecule is Cc1cc(Cl)ccc1C(=O)Nc1cccc(CCCBr)c1. The largest absolute Gasteiger partial charge is 0.322 e. The first-order valence-electron chi connectivity index (χ1n) is 6.82. The fourth-order valence-corrected chi connectivity index (χ4v) is 2.66. The van der Waals surface area contributed by atoms with Crippen molar-refractivity contribution in [1.29, 1.82) is 0 Å². The van der Waals surface area contributed by atoms with E-state index in [1.54, 1.807) is 18.2 Å². The molecule has 1 N–H and O–H groups in total. The van der Waals surface area contributed by atoms with Crippen molar-refractivity contribution in [2.45, 2.75) is 19.8 Å². The summed E-state index contributed by atoms with van der Waals surface area (Å²) in [5.41, 5.74) is 3.56. The summed E-state index contributed by atoms with van der Waals surface area (Å²) in [6, 6.07) is 13.2. The fraction of sp³-hybridized carbons (Fsp3) is 0.235. The van der Waals surface area contributed by atoms with Crippen LogP contribution in [0.25, 0.3) is 0 Å². The van der Waals surface area contributed by atoms with E-state index in [0.29, 0.717) is 10.6 Å². The number of hydrogen-bond acceptors (Lipinski definition) is 1. The highest BCUT2D eigenvalue weighted by Crippen LogP contribution is 2.18. The van der Waals surface area contributed by atoms with E-state index in [1.807, 2.05) is 25.1 Å². The normalized spacial score (nSPS) is 10.4. The minimum atomic E-state index is -0.109. The second kappa shape index (κ2) is 7.62. The molecule has 0 saturated heterocycles. The first-order chi connectivity index (χ1) is 10.1. The number of amides is 1. The van der Waals surface area contributed by atoms with Crippen LogP contribution in [-0.4, -0.2) is 11.2 Å². The van der Waals surface area contributed by atoms with Crippen molar-refractivity contribution < 1.29 is 4.79 Å². The highest BCUT2D eigenvalue weighted by atomic mass is 79.9. The number of rotatable bonds is 5. The average molecular weight is 367 g/mol. The molecule has 0 saturated carbocycles. The van der Waals surface area contributed by atoms with Gasteiger partial charge in [0, 0.05) is 21.6 Å². The Labute approximate surface area is 138 Å². The maximum atomic E-state index is 12.3. The molecule has 0 spiro atoms. The third kappa shape index (κ3) is 4.58. The molecule has 0 unspecified atom stereocenters. The van der Waals surface area contributed by atoms with E-state index in [1.165, 1.54) is 5.56 Å². The zero-order valence-corrected chi connectivity index (χ0v) is 14.2. The van der Waals surface area contributed by atoms with Gasteiger partial charge in [-0.25, -0.2) is 0 Å². The van der Waals surface area contributed by atoms with E-state index in [2.05, 4.69) is 27.3 Å². The van der Waals surface area contributed by atoms with E-state index in [0.717, 1.165) is 29.4 Å². The third-order valence-corrected chi connectivity index (χ3v) is 4.01. The second-order valence-electron chi connectivity index (χ2n) is 4.91. The summed E-state index contributed by atoms with van der Waals surface area (Å²) in [7, 11) is 0. The van der Waals surface area contributed by atoms with Crippen LogP contribution in [0.15, 0.2) is 42.5 Å². The summed E-state index contributed by atoms with van der Waals surface area (Å²) >= 11 is 9.35. The van der Waals surface area contributed by atoms with Gasteiger partial charge in [-0.1, -0.05) is 39.7 Å². The molecule has 0 aliphatic heterocycles. The monoisotopic (exact) mass is 365 g/mol. The second-order valence-corrected chi connectivity index (χ2v) is 6.14. The van der Waals surface area contributed by atoms with Gasteiger partial charge in [0.1, 0.15) is 0 Å². The number of aryl methyl sites for hydroxylation is 2. The van der Waals surface area contributed by atoms with Crippen LogP contribution in [0.3, 0.4) is 0 Å². The number of hydrogen-bond donors (Lipinski definition) is 1. The average Bonchev–Trinajstić information content (AvgIpc) is 2.45. The molecule has 2 aromatic carbocycles. The molecule has 0 heterocycles. The van der Waals surface area contributed by atoms with Gasteiger partial charge in [-0.3, -0.25) is 4.79 Å². The zero-order valence-electron chi connectivity index (χ0n) is 11.8. The van der Waals surface area contributed by atoms with Crippen molar-refractivity contribution >= 4 is 39.1 Å². The van der Waals surface area contributed by atoms with Crippen LogP contribution in [0.1, 0.15) is 27.9 Å². The molecule has 0 aromatic heterocycles. The maximum absolute atomic E-state index is 12.3. The number of carbonyl (C=O) groups excluding carboxylic acids is 1. The van der Waals surface area contributed by atoms with Crippen molar-refractivity contribution in [3.63, 3.8) is 0 Å². The highest BCUT2D eigenvalue weighted by molar-refractivity contribution is 9.09. The lowest BCUT2D eigenvalue weighted by Gasteiger charge is -2.09. The number of alkyl halides is 1. The van der Waals surface area contributed by atoms with Gasteiger partial charge in [-0.2, -0.15) is 0 Å². The summed E-state index contributed by atoms with van der Waals surface area (Å²) in [6.07, 6.45) is 2.07. The Morgan fingerprint density at radius 3 is 2.76 bits per heavy atom. The molecule has 0 radical (unpaired) electrons. The predicted octanol–water partition coefficient (Wildman–Crippen LogP) is 5.23. The van der Waals surface area contributed by atoms with E-state index < -0.39 is 0 Å². The molecule has 1 amide bonds. The quantitative estimate of drug-likeness (QED) is 0.721. The van der Waals surface area contributed by atoms with Gasteiger partial charge in [-0.05, 0) is 61.2 Å². The summed E-state index contributed by atoms with van der Waals surface area (Å²) in [5, 5.41) is 4.56. The van der Waals surface area contributed by atoms with Gasteiger partial charge >= 0.3 is 0 Å². The number of anilines is 1. The van der Waals surface area contributed by atoms with Crippen LogP contribution in [0.5, 0.6) is 0 Å². The van der Waals surface area contributed by atoms with Crippen molar-refractivity contribution in [3.05, 3.63) is 64.2 Å². The molecule has 110 valence electrons. The van der Waals surface area contributed by atoms with Crippen molar-refractivity contribution in [3.8, 4) is 0 Å². The molecule has 0 atom stereocenters. The topological polar surface area (TPSA) is 29.1 Å². The first kappa shape index (κ1) is 16.1. The number of nitrogens with one attached hydrogen (secondary N) is 1. The third-order valence-electron chi connectivity index (χ3n) is 3.22. The van der Waals surface area contributed by atoms with Crippen LogP contribution in [-0.2, 0) is 6.42 Å². The molecule has 0 aliphatic rings. The Bertz CT molecular complexity index is 642. The van der Waals surface area contributed by atoms with Gasteiger partial charge < -0.3 is 5.32 Å². The Kier molecular flexibility index (Phi) is 5.83. The predicted molar refractivity (Wildman–Crippen MR) is 92.7 cm³/mol. The first-order valence-corrected chi connectivity index (χ1v) is 8.32. The van der Waals surface area contributed by atoms with Crippen LogP contribution in [0.4, 0.5) is 5.69 Å². The summed E-state index contributed by atoms with van der Waals surface area (Å²) in [5.74, 6) is -0.109. The molecule has 4 heteroatoms. The van der Waals surface area contributed by atoms with E-state index >= 15 is 0 Å². The Hall–Kier alpha value is -1.32. The van der Waals surface area contributed by atoms with E-state index in [4.69, 9.17) is 11.6 Å². The molecule has 2 rings (SSSR count). The van der Waals surface area contributed by atoms with E-state index in [9.17, 15) is 4.79 Å². The molecule has 0 fully saturated rings. The van der Waals surface area contributed by atoms with Gasteiger partial charge in [-0.15, -0.1) is 0 Å². The Balaban J connectivity index is 2.12. The van der Waals surface area contributed by atoms with Gasteiger partial charge in [0.05, 0.1) is 0 Å². The summed E-state index contributed by atoms with van der Waals surface area (Å²) in [6.45, 7) is 1.88. The highest BCUT2D eigenvalue weighted by Gasteiger charge is 2.09. The van der Waals surface area contributed by atoms with E-state index in [-0.39, 0.29) is 5.91 Å². The number of benzene rings is 2. The minimum absolute atomic E-state index is 0.109. The lowest BCUT2D eigenvalue weighted by atomic mass is 10.1. The molecular formula is C17H17BrClNO. The van der Waals surface area contributed by atoms with Crippen molar-refractivity contribution in [2.24, 2.45) is 0 Å². The zero-order chi connectivity index (χ0) is 15.2. The fourth-order valence-electron chi connectivity index (χ4n) is 2.16. The number of halogens is 2. The summed E-state index contributed by atoms with van der Waals surface area (Å²) < 4.78 is 0. The lowest BCUT2D eigenvalue weighted by molar-refractivity contribution is 0.102. The van der Waals surface area contributed by atoms with Gasteiger partial charge in [0.15, 0.2) is 0 Å². The summed E-state index contributed by atoms with van der Waals surface area (Å²) in [4.78, 5) is 12.3. The van der Waals surface area contributed by atoms with Crippen molar-refractivity contribution in [1.82, 2.24) is 0 Å². The van der Waals surface area contributed by atoms with Gasteiger partial charge in [0.2, 0.25) is 0 Å². The minimum Gasteiger partial charge on any atom is -0.322 e. The Morgan fingerprint density at radius 1 is 1.24 bits per heavy atom. The molecule has 21 heavy (non-hydrogen) atoms. The molecule has 2 aromatic rings. The standard InChI is InChI=1S/C17H17BrClNO/c1-12-10-14(19)7-8-16(12)17(21)20-15-6-2-4-13(11-15)5-3-9-18/h2,4,6-8,10-11H,3,5,9H2,1H3,(H,20,21). The lowest BCUT2D eigenvalue weighted by Crippen LogP contribution is -2.13. The molecule has 0 aliphatic carbocycles. The maximum Gasteiger partial charge on any atom is 0.255 e. The molecule has 0 bridgehead atoms. The van der Waals surface area contributed by atoms with Crippen molar-refractivity contribution in [2.75, 3.05) is 10.6 Å². The van der Waals surface area contributed by atoms with Gasteiger partial charge in [0.25, 0.3) is 5.91 Å². The molecular weight excluding hydrogens is 350 g/mol. The van der Waals surface area contributed by atoms with Crippen LogP contribution < -0.4 is 5.32 Å². The number of carbonyl (C=O) groups is 1. The smallest absolute Gasteiger partial charge is 0.255 e. The Morgan fingerprint density at radius 2 is 2.05 bits per heavy atom. The molecule has 2 nitrogen and oxygen atoms in total. The van der Waals surface area contributed by atoms with Crippen LogP contribution in [0.2, 0.25) is 5.02 Å². The van der Waals surface area contributed by atoms with Crippen LogP contribution in [0, 0.1) is 6.92 Å².